The van der Waals surface area contributed by atoms with Gasteiger partial charge in [-0.05, 0) is 49.5 Å². The zero-order chi connectivity index (χ0) is 14.0. The van der Waals surface area contributed by atoms with E-state index in [0.29, 0.717) is 11.3 Å². The molecule has 2 rings (SSSR count). The van der Waals surface area contributed by atoms with Gasteiger partial charge in [0.05, 0.1) is 6.04 Å². The topological polar surface area (TPSA) is 32.3 Å². The number of amides is 1. The van der Waals surface area contributed by atoms with Gasteiger partial charge in [-0.1, -0.05) is 27.7 Å². The van der Waals surface area contributed by atoms with Gasteiger partial charge in [0, 0.05) is 13.1 Å². The Balaban J connectivity index is 1.83. The lowest BCUT2D eigenvalue weighted by Gasteiger charge is -2.40. The molecule has 1 unspecified atom stereocenters. The Hall–Kier alpha value is -0.570. The van der Waals surface area contributed by atoms with Crippen LogP contribution in [0.3, 0.4) is 0 Å². The number of carbonyl (C=O) groups is 1. The fourth-order valence-electron chi connectivity index (χ4n) is 3.44. The molecule has 0 spiro atoms. The van der Waals surface area contributed by atoms with Crippen molar-refractivity contribution in [3.05, 3.63) is 0 Å². The van der Waals surface area contributed by atoms with Crippen LogP contribution in [0, 0.1) is 17.3 Å². The number of piperidine rings is 1. The molecule has 0 aromatic carbocycles. The van der Waals surface area contributed by atoms with E-state index in [-0.39, 0.29) is 6.04 Å². The highest BCUT2D eigenvalue weighted by Gasteiger charge is 2.34. The molecule has 0 bridgehead atoms. The summed E-state index contributed by atoms with van der Waals surface area (Å²) in [5.74, 6) is 1.86. The van der Waals surface area contributed by atoms with Gasteiger partial charge in [-0.15, -0.1) is 0 Å². The van der Waals surface area contributed by atoms with Gasteiger partial charge in [-0.25, -0.2) is 0 Å². The van der Waals surface area contributed by atoms with Crippen molar-refractivity contribution in [2.75, 3.05) is 19.6 Å². The quantitative estimate of drug-likeness (QED) is 0.833. The smallest absolute Gasteiger partial charge is 0.239 e. The van der Waals surface area contributed by atoms with E-state index in [1.165, 1.54) is 12.8 Å². The lowest BCUT2D eigenvalue weighted by Crippen LogP contribution is -2.48. The zero-order valence-electron chi connectivity index (χ0n) is 13.0. The van der Waals surface area contributed by atoms with Gasteiger partial charge in [0.15, 0.2) is 0 Å². The van der Waals surface area contributed by atoms with Gasteiger partial charge in [-0.3, -0.25) is 4.79 Å². The van der Waals surface area contributed by atoms with E-state index in [0.717, 1.165) is 44.3 Å². The molecule has 2 heterocycles. The summed E-state index contributed by atoms with van der Waals surface area (Å²) in [7, 11) is 0. The van der Waals surface area contributed by atoms with E-state index >= 15 is 0 Å². The van der Waals surface area contributed by atoms with Gasteiger partial charge in [-0.2, -0.15) is 0 Å². The van der Waals surface area contributed by atoms with Crippen LogP contribution in [-0.4, -0.2) is 36.5 Å². The Kier molecular flexibility index (Phi) is 4.54. The Morgan fingerprint density at radius 2 is 1.84 bits per heavy atom. The number of nitrogens with zero attached hydrogens (tertiary/aromatic N) is 1. The number of hydrogen-bond donors (Lipinski definition) is 1. The third kappa shape index (κ3) is 3.50. The summed E-state index contributed by atoms with van der Waals surface area (Å²) in [4.78, 5) is 14.4. The first-order valence-electron chi connectivity index (χ1n) is 7.92. The first-order valence-corrected chi connectivity index (χ1v) is 7.92. The molecule has 19 heavy (non-hydrogen) atoms. The molecule has 110 valence electrons. The van der Waals surface area contributed by atoms with Gasteiger partial charge < -0.3 is 10.2 Å². The normalized spacial score (nSPS) is 27.6. The average molecular weight is 266 g/mol. The summed E-state index contributed by atoms with van der Waals surface area (Å²) < 4.78 is 0. The van der Waals surface area contributed by atoms with Crippen molar-refractivity contribution in [1.82, 2.24) is 10.2 Å². The van der Waals surface area contributed by atoms with Crippen LogP contribution in [0.1, 0.15) is 53.4 Å². The monoisotopic (exact) mass is 266 g/mol. The SMILES string of the molecule is C[C@H](C1CCN(C(=O)C2CCCN2)CC1)C(C)(C)C. The Labute approximate surface area is 118 Å². The standard InChI is InChI=1S/C16H30N2O/c1-12(16(2,3)4)13-7-10-18(11-8-13)15(19)14-6-5-9-17-14/h12-14,17H,5-11H2,1-4H3/t12-,14?/m1/s1. The maximum atomic E-state index is 12.3. The maximum Gasteiger partial charge on any atom is 0.239 e. The minimum atomic E-state index is 0.108. The third-order valence-corrected chi connectivity index (χ3v) is 5.28. The number of carbonyl (C=O) groups excluding carboxylic acids is 1. The van der Waals surface area contributed by atoms with E-state index in [4.69, 9.17) is 0 Å². The van der Waals surface area contributed by atoms with E-state index in [9.17, 15) is 4.79 Å². The number of likely N-dealkylation sites (tertiary alicyclic amines) is 1. The van der Waals surface area contributed by atoms with E-state index in [1.807, 2.05) is 0 Å². The van der Waals surface area contributed by atoms with Crippen molar-refractivity contribution in [2.24, 2.45) is 17.3 Å². The highest BCUT2D eigenvalue weighted by Crippen LogP contribution is 2.37. The summed E-state index contributed by atoms with van der Waals surface area (Å²) in [5.41, 5.74) is 0.379. The summed E-state index contributed by atoms with van der Waals surface area (Å²) in [6, 6.07) is 0.108. The molecule has 0 aliphatic carbocycles. The Bertz CT molecular complexity index is 307. The lowest BCUT2D eigenvalue weighted by molar-refractivity contribution is -0.134. The van der Waals surface area contributed by atoms with Crippen LogP contribution in [0.15, 0.2) is 0 Å². The lowest BCUT2D eigenvalue weighted by atomic mass is 9.71. The van der Waals surface area contributed by atoms with Crippen LogP contribution in [0.5, 0.6) is 0 Å². The van der Waals surface area contributed by atoms with Crippen molar-refractivity contribution in [3.63, 3.8) is 0 Å². The second kappa shape index (κ2) is 5.82. The summed E-state index contributed by atoms with van der Waals surface area (Å²) in [6.45, 7) is 12.3. The summed E-state index contributed by atoms with van der Waals surface area (Å²) >= 11 is 0. The van der Waals surface area contributed by atoms with Crippen LogP contribution in [-0.2, 0) is 4.79 Å². The minimum absolute atomic E-state index is 0.108. The van der Waals surface area contributed by atoms with Gasteiger partial charge in [0.1, 0.15) is 0 Å². The largest absolute Gasteiger partial charge is 0.341 e. The van der Waals surface area contributed by atoms with Gasteiger partial charge in [0.2, 0.25) is 5.91 Å². The molecule has 0 radical (unpaired) electrons. The molecule has 2 atom stereocenters. The summed E-state index contributed by atoms with van der Waals surface area (Å²) in [5, 5.41) is 3.32. The van der Waals surface area contributed by atoms with Crippen molar-refractivity contribution in [3.8, 4) is 0 Å². The molecular weight excluding hydrogens is 236 g/mol. The molecule has 0 saturated carbocycles. The predicted molar refractivity (Wildman–Crippen MR) is 78.9 cm³/mol. The maximum absolute atomic E-state index is 12.3. The molecule has 0 aromatic heterocycles. The molecule has 3 nitrogen and oxygen atoms in total. The highest BCUT2D eigenvalue weighted by molar-refractivity contribution is 5.82. The Morgan fingerprint density at radius 1 is 1.21 bits per heavy atom. The minimum Gasteiger partial charge on any atom is -0.341 e. The molecule has 1 amide bonds. The number of rotatable bonds is 2. The molecule has 3 heteroatoms. The van der Waals surface area contributed by atoms with Gasteiger partial charge in [0.25, 0.3) is 0 Å². The van der Waals surface area contributed by atoms with Crippen LogP contribution < -0.4 is 5.32 Å². The molecule has 2 fully saturated rings. The first-order chi connectivity index (χ1) is 8.89. The number of hydrogen-bond acceptors (Lipinski definition) is 2. The molecule has 2 aliphatic heterocycles. The molecule has 2 aliphatic rings. The van der Waals surface area contributed by atoms with E-state index in [1.54, 1.807) is 0 Å². The fourth-order valence-corrected chi connectivity index (χ4v) is 3.44. The number of nitrogens with one attached hydrogen (secondary N) is 1. The van der Waals surface area contributed by atoms with Gasteiger partial charge >= 0.3 is 0 Å². The van der Waals surface area contributed by atoms with Crippen molar-refractivity contribution < 1.29 is 4.79 Å². The van der Waals surface area contributed by atoms with E-state index in [2.05, 4.69) is 37.9 Å². The molecular formula is C16H30N2O. The summed E-state index contributed by atoms with van der Waals surface area (Å²) in [6.07, 6.45) is 4.53. The fraction of sp³-hybridized carbons (Fsp3) is 0.938. The second-order valence-electron chi connectivity index (χ2n) is 7.47. The zero-order valence-corrected chi connectivity index (χ0v) is 13.0. The molecule has 2 saturated heterocycles. The second-order valence-corrected chi connectivity index (χ2v) is 7.47. The molecule has 0 aromatic rings. The predicted octanol–water partition coefficient (Wildman–Crippen LogP) is 2.66. The molecule has 1 N–H and O–H groups in total. The van der Waals surface area contributed by atoms with Crippen LogP contribution in [0.2, 0.25) is 0 Å². The van der Waals surface area contributed by atoms with Crippen molar-refractivity contribution in [2.45, 2.75) is 59.4 Å². The van der Waals surface area contributed by atoms with Crippen LogP contribution in [0.25, 0.3) is 0 Å². The van der Waals surface area contributed by atoms with Crippen LogP contribution >= 0.6 is 0 Å². The van der Waals surface area contributed by atoms with E-state index < -0.39 is 0 Å². The van der Waals surface area contributed by atoms with Crippen molar-refractivity contribution in [1.29, 1.82) is 0 Å². The average Bonchev–Trinajstić information content (AvgIpc) is 2.90. The third-order valence-electron chi connectivity index (χ3n) is 5.28. The first kappa shape index (κ1) is 14.8. The van der Waals surface area contributed by atoms with Crippen molar-refractivity contribution >= 4 is 5.91 Å². The highest BCUT2D eigenvalue weighted by atomic mass is 16.2. The van der Waals surface area contributed by atoms with Crippen LogP contribution in [0.4, 0.5) is 0 Å². The Morgan fingerprint density at radius 3 is 2.32 bits per heavy atom.